The molecule has 0 radical (unpaired) electrons. The van der Waals surface area contributed by atoms with Crippen LogP contribution in [0.5, 0.6) is 0 Å². The number of carbonyl (C=O) groups excluding carboxylic acids is 1. The Balaban J connectivity index is 1.66. The lowest BCUT2D eigenvalue weighted by molar-refractivity contribution is 0.00191. The van der Waals surface area contributed by atoms with Crippen molar-refractivity contribution < 1.29 is 17.9 Å². The lowest BCUT2D eigenvalue weighted by Crippen LogP contribution is -2.52. The van der Waals surface area contributed by atoms with E-state index in [1.807, 2.05) is 19.1 Å². The molecule has 33 heavy (non-hydrogen) atoms. The summed E-state index contributed by atoms with van der Waals surface area (Å²) < 4.78 is 33.6. The monoisotopic (exact) mass is 473 g/mol. The summed E-state index contributed by atoms with van der Waals surface area (Å²) in [7, 11) is -3.74. The van der Waals surface area contributed by atoms with Gasteiger partial charge in [0.1, 0.15) is 0 Å². The van der Waals surface area contributed by atoms with Gasteiger partial charge in [0, 0.05) is 31.2 Å². The molecule has 2 N–H and O–H groups in total. The number of nitrogens with one attached hydrogen (secondary N) is 2. The quantitative estimate of drug-likeness (QED) is 0.550. The standard InChI is InChI=1S/C25H35N3O4S/c1-4-20(5-2)24(28-14-16-32-17-15-28)18-26-25(29)21-10-12-22(13-11-21)33(30,31)27-23-9-7-6-8-19(23)3/h6-13,20,24,27H,4-5,14-18H2,1-3H3,(H,26,29). The highest BCUT2D eigenvalue weighted by Gasteiger charge is 2.27. The van der Waals surface area contributed by atoms with E-state index in [4.69, 9.17) is 4.74 Å². The largest absolute Gasteiger partial charge is 0.379 e. The second-order valence-electron chi connectivity index (χ2n) is 8.45. The molecule has 0 aromatic heterocycles. The molecule has 8 heteroatoms. The van der Waals surface area contributed by atoms with Gasteiger partial charge in [-0.15, -0.1) is 0 Å². The number of aryl methyl sites for hydroxylation is 1. The fourth-order valence-electron chi connectivity index (χ4n) is 4.31. The van der Waals surface area contributed by atoms with Gasteiger partial charge in [-0.05, 0) is 48.7 Å². The second kappa shape index (κ2) is 11.6. The van der Waals surface area contributed by atoms with Crippen molar-refractivity contribution in [1.82, 2.24) is 10.2 Å². The predicted octanol–water partition coefficient (Wildman–Crippen LogP) is 3.66. The Kier molecular flexibility index (Phi) is 8.88. The summed E-state index contributed by atoms with van der Waals surface area (Å²) in [6.45, 7) is 9.96. The lowest BCUT2D eigenvalue weighted by atomic mass is 9.92. The zero-order valence-corrected chi connectivity index (χ0v) is 20.5. The number of hydrogen-bond acceptors (Lipinski definition) is 5. The van der Waals surface area contributed by atoms with Gasteiger partial charge in [-0.2, -0.15) is 0 Å². The average Bonchev–Trinajstić information content (AvgIpc) is 2.83. The maximum Gasteiger partial charge on any atom is 0.261 e. The van der Waals surface area contributed by atoms with Crippen molar-refractivity contribution in [2.24, 2.45) is 5.92 Å². The summed E-state index contributed by atoms with van der Waals surface area (Å²) in [5.41, 5.74) is 1.81. The van der Waals surface area contributed by atoms with E-state index in [1.165, 1.54) is 12.1 Å². The molecule has 180 valence electrons. The summed E-state index contributed by atoms with van der Waals surface area (Å²) in [6.07, 6.45) is 2.10. The van der Waals surface area contributed by atoms with Gasteiger partial charge in [0.15, 0.2) is 0 Å². The van der Waals surface area contributed by atoms with E-state index < -0.39 is 10.0 Å². The fraction of sp³-hybridized carbons (Fsp3) is 0.480. The molecular formula is C25H35N3O4S. The predicted molar refractivity (Wildman–Crippen MR) is 131 cm³/mol. The molecule has 0 aliphatic carbocycles. The van der Waals surface area contributed by atoms with E-state index in [0.29, 0.717) is 23.7 Å². The first-order valence-corrected chi connectivity index (χ1v) is 13.1. The van der Waals surface area contributed by atoms with Crippen LogP contribution in [0.3, 0.4) is 0 Å². The molecule has 0 saturated carbocycles. The molecular weight excluding hydrogens is 438 g/mol. The van der Waals surface area contributed by atoms with Gasteiger partial charge in [0.05, 0.1) is 23.8 Å². The molecule has 0 bridgehead atoms. The highest BCUT2D eigenvalue weighted by Crippen LogP contribution is 2.21. The first kappa shape index (κ1) is 25.2. The van der Waals surface area contributed by atoms with Crippen LogP contribution in [0.4, 0.5) is 5.69 Å². The van der Waals surface area contributed by atoms with Crippen molar-refractivity contribution in [1.29, 1.82) is 0 Å². The maximum absolute atomic E-state index is 12.8. The Labute approximate surface area is 197 Å². The third-order valence-corrected chi connectivity index (χ3v) is 7.78. The lowest BCUT2D eigenvalue weighted by Gasteiger charge is -2.38. The van der Waals surface area contributed by atoms with Crippen LogP contribution in [0.2, 0.25) is 0 Å². The highest BCUT2D eigenvalue weighted by atomic mass is 32.2. The fourth-order valence-corrected chi connectivity index (χ4v) is 5.44. The van der Waals surface area contributed by atoms with E-state index >= 15 is 0 Å². The Morgan fingerprint density at radius 3 is 2.27 bits per heavy atom. The SMILES string of the molecule is CCC(CC)C(CNC(=O)c1ccc(S(=O)(=O)Nc2ccccc2C)cc1)N1CCOCC1. The summed E-state index contributed by atoms with van der Waals surface area (Å²) >= 11 is 0. The Hall–Kier alpha value is -2.42. The average molecular weight is 474 g/mol. The molecule has 2 aromatic rings. The molecule has 1 aliphatic heterocycles. The third kappa shape index (κ3) is 6.56. The van der Waals surface area contributed by atoms with Crippen molar-refractivity contribution in [3.63, 3.8) is 0 Å². The van der Waals surface area contributed by atoms with Crippen LogP contribution >= 0.6 is 0 Å². The number of morpholine rings is 1. The number of sulfonamides is 1. The third-order valence-electron chi connectivity index (χ3n) is 6.40. The van der Waals surface area contributed by atoms with Gasteiger partial charge >= 0.3 is 0 Å². The number of benzene rings is 2. The van der Waals surface area contributed by atoms with Crippen LogP contribution in [0.25, 0.3) is 0 Å². The topological polar surface area (TPSA) is 87.7 Å². The first-order valence-electron chi connectivity index (χ1n) is 11.6. The van der Waals surface area contributed by atoms with Gasteiger partial charge in [0.2, 0.25) is 0 Å². The molecule has 1 unspecified atom stereocenters. The normalized spacial score (nSPS) is 15.9. The number of rotatable bonds is 10. The second-order valence-corrected chi connectivity index (χ2v) is 10.1. The van der Waals surface area contributed by atoms with Crippen molar-refractivity contribution >= 4 is 21.6 Å². The van der Waals surface area contributed by atoms with Gasteiger partial charge in [-0.25, -0.2) is 8.42 Å². The number of ether oxygens (including phenoxy) is 1. The van der Waals surface area contributed by atoms with Crippen LogP contribution in [-0.4, -0.2) is 58.1 Å². The molecule has 1 saturated heterocycles. The molecule has 1 atom stereocenters. The molecule has 1 aliphatic rings. The summed E-state index contributed by atoms with van der Waals surface area (Å²) in [5.74, 6) is 0.290. The van der Waals surface area contributed by atoms with Crippen LogP contribution < -0.4 is 10.0 Å². The minimum Gasteiger partial charge on any atom is -0.379 e. The minimum absolute atomic E-state index is 0.116. The summed E-state index contributed by atoms with van der Waals surface area (Å²) in [6, 6.07) is 13.5. The van der Waals surface area contributed by atoms with Crippen molar-refractivity contribution in [3.8, 4) is 0 Å². The number of hydrogen-bond donors (Lipinski definition) is 2. The maximum atomic E-state index is 12.8. The van der Waals surface area contributed by atoms with E-state index in [0.717, 1.165) is 44.7 Å². The van der Waals surface area contributed by atoms with Crippen molar-refractivity contribution in [3.05, 3.63) is 59.7 Å². The zero-order valence-electron chi connectivity index (χ0n) is 19.7. The van der Waals surface area contributed by atoms with Gasteiger partial charge in [-0.1, -0.05) is 44.9 Å². The molecule has 1 amide bonds. The van der Waals surface area contributed by atoms with E-state index in [2.05, 4.69) is 28.8 Å². The van der Waals surface area contributed by atoms with Crippen LogP contribution in [0.1, 0.15) is 42.6 Å². The number of nitrogens with zero attached hydrogens (tertiary/aromatic N) is 1. The van der Waals surface area contributed by atoms with Crippen LogP contribution in [0.15, 0.2) is 53.4 Å². The molecule has 1 fully saturated rings. The van der Waals surface area contributed by atoms with E-state index in [-0.39, 0.29) is 16.8 Å². The molecule has 3 rings (SSSR count). The summed E-state index contributed by atoms with van der Waals surface area (Å²) in [4.78, 5) is 15.3. The Morgan fingerprint density at radius 1 is 1.03 bits per heavy atom. The minimum atomic E-state index is -3.74. The molecule has 1 heterocycles. The number of anilines is 1. The van der Waals surface area contributed by atoms with E-state index in [1.54, 1.807) is 24.3 Å². The first-order chi connectivity index (χ1) is 15.9. The number of para-hydroxylation sites is 1. The van der Waals surface area contributed by atoms with Gasteiger partial charge < -0.3 is 10.1 Å². The highest BCUT2D eigenvalue weighted by molar-refractivity contribution is 7.92. The van der Waals surface area contributed by atoms with E-state index in [9.17, 15) is 13.2 Å². The number of amides is 1. The molecule has 7 nitrogen and oxygen atoms in total. The van der Waals surface area contributed by atoms with Gasteiger partial charge in [-0.3, -0.25) is 14.4 Å². The van der Waals surface area contributed by atoms with Gasteiger partial charge in [0.25, 0.3) is 15.9 Å². The van der Waals surface area contributed by atoms with Crippen LogP contribution in [0, 0.1) is 12.8 Å². The Morgan fingerprint density at radius 2 is 1.67 bits per heavy atom. The summed E-state index contributed by atoms with van der Waals surface area (Å²) in [5, 5.41) is 3.06. The molecule has 0 spiro atoms. The van der Waals surface area contributed by atoms with Crippen molar-refractivity contribution in [2.45, 2.75) is 44.6 Å². The smallest absolute Gasteiger partial charge is 0.261 e. The van der Waals surface area contributed by atoms with Crippen molar-refractivity contribution in [2.75, 3.05) is 37.6 Å². The molecule has 2 aromatic carbocycles. The number of carbonyl (C=O) groups is 1. The van der Waals surface area contributed by atoms with Crippen LogP contribution in [-0.2, 0) is 14.8 Å². The Bertz CT molecular complexity index is 1010. The zero-order chi connectivity index (χ0) is 23.8.